The number of urea groups is 1. The van der Waals surface area contributed by atoms with Crippen molar-refractivity contribution in [1.29, 1.82) is 0 Å². The number of aromatic nitrogens is 1. The summed E-state index contributed by atoms with van der Waals surface area (Å²) in [6.45, 7) is 5.87. The van der Waals surface area contributed by atoms with Crippen LogP contribution in [0.15, 0.2) is 59.6 Å². The highest BCUT2D eigenvalue weighted by Crippen LogP contribution is 2.21. The van der Waals surface area contributed by atoms with Gasteiger partial charge in [0.25, 0.3) is 0 Å². The largest absolute Gasteiger partial charge is 0.458 e. The number of hydrogen-bond donors (Lipinski definition) is 4. The molecule has 12 nitrogen and oxygen atoms in total. The van der Waals surface area contributed by atoms with E-state index in [1.807, 2.05) is 24.3 Å². The molecule has 2 atom stereocenters. The first kappa shape index (κ1) is 34.9. The summed E-state index contributed by atoms with van der Waals surface area (Å²) in [7, 11) is -3.87. The number of halogens is 1. The van der Waals surface area contributed by atoms with Crippen LogP contribution in [0.3, 0.4) is 0 Å². The third kappa shape index (κ3) is 9.04. The van der Waals surface area contributed by atoms with E-state index in [-0.39, 0.29) is 37.5 Å². The summed E-state index contributed by atoms with van der Waals surface area (Å²) in [5.41, 5.74) is 6.55. The molecule has 14 heteroatoms. The Morgan fingerprint density at radius 3 is 2.30 bits per heavy atom. The molecule has 0 saturated carbocycles. The quantitative estimate of drug-likeness (QED) is 0.172. The second-order valence-corrected chi connectivity index (χ2v) is 14.2. The number of aromatic amines is 1. The van der Waals surface area contributed by atoms with Crippen LogP contribution in [0.1, 0.15) is 45.6 Å². The van der Waals surface area contributed by atoms with Crippen LogP contribution in [-0.2, 0) is 30.8 Å². The van der Waals surface area contributed by atoms with Crippen LogP contribution in [0, 0.1) is 5.82 Å². The number of ether oxygens (including phenoxy) is 1. The van der Waals surface area contributed by atoms with Crippen molar-refractivity contribution in [3.63, 3.8) is 0 Å². The molecule has 46 heavy (non-hydrogen) atoms. The smallest absolute Gasteiger partial charge is 0.329 e. The molecule has 4 rings (SSSR count). The summed E-state index contributed by atoms with van der Waals surface area (Å²) in [6.07, 6.45) is 3.47. The Hall–Kier alpha value is -4.01. The number of carbonyl (C=O) groups excluding carboxylic acids is 3. The van der Waals surface area contributed by atoms with Gasteiger partial charge < -0.3 is 31.0 Å². The summed E-state index contributed by atoms with van der Waals surface area (Å²) >= 11 is 0. The minimum atomic E-state index is -3.87. The van der Waals surface area contributed by atoms with Crippen molar-refractivity contribution in [3.05, 3.63) is 66.1 Å². The van der Waals surface area contributed by atoms with Gasteiger partial charge >= 0.3 is 12.0 Å². The molecule has 0 radical (unpaired) electrons. The molecular formula is C32H43FN6O6S. The van der Waals surface area contributed by atoms with Crippen molar-refractivity contribution in [1.82, 2.24) is 24.8 Å². The van der Waals surface area contributed by atoms with Gasteiger partial charge in [-0.3, -0.25) is 4.79 Å². The van der Waals surface area contributed by atoms with Crippen LogP contribution in [0.25, 0.3) is 10.9 Å². The number of nitrogens with one attached hydrogen (secondary N) is 3. The summed E-state index contributed by atoms with van der Waals surface area (Å²) < 4.78 is 46.3. The van der Waals surface area contributed by atoms with Gasteiger partial charge in [-0.15, -0.1) is 0 Å². The molecular weight excluding hydrogens is 615 g/mol. The van der Waals surface area contributed by atoms with E-state index in [0.717, 1.165) is 28.6 Å². The summed E-state index contributed by atoms with van der Waals surface area (Å²) in [5.74, 6) is -1.67. The zero-order chi connectivity index (χ0) is 33.5. The lowest BCUT2D eigenvalue weighted by atomic mass is 10.0. The molecule has 2 aromatic carbocycles. The molecule has 1 aromatic heterocycles. The fraction of sp³-hybridized carbons (Fsp3) is 0.469. The minimum Gasteiger partial charge on any atom is -0.458 e. The number of unbranched alkanes of at least 4 members (excludes halogenated alkanes) is 1. The van der Waals surface area contributed by atoms with Gasteiger partial charge in [0.15, 0.2) is 0 Å². The number of nitrogens with zero attached hydrogens (tertiary/aromatic N) is 2. The number of para-hydroxylation sites is 1. The molecule has 0 aliphatic carbocycles. The second-order valence-electron chi connectivity index (χ2n) is 12.3. The first-order valence-electron chi connectivity index (χ1n) is 15.4. The Balaban J connectivity index is 1.49. The van der Waals surface area contributed by atoms with E-state index in [9.17, 15) is 27.2 Å². The third-order valence-corrected chi connectivity index (χ3v) is 9.56. The molecule has 2 unspecified atom stereocenters. The number of amides is 3. The lowest BCUT2D eigenvalue weighted by Gasteiger charge is -2.35. The Morgan fingerprint density at radius 2 is 1.65 bits per heavy atom. The molecule has 1 saturated heterocycles. The van der Waals surface area contributed by atoms with Gasteiger partial charge in [0, 0.05) is 49.7 Å². The average molecular weight is 659 g/mol. The molecule has 3 amide bonds. The zero-order valence-electron chi connectivity index (χ0n) is 26.4. The van der Waals surface area contributed by atoms with E-state index in [1.165, 1.54) is 21.3 Å². The Labute approximate surface area is 268 Å². The van der Waals surface area contributed by atoms with Crippen LogP contribution in [0.2, 0.25) is 0 Å². The number of benzene rings is 2. The number of H-pyrrole nitrogens is 1. The number of carbonyl (C=O) groups is 3. The lowest BCUT2D eigenvalue weighted by molar-refractivity contribution is -0.159. The fourth-order valence-electron chi connectivity index (χ4n) is 5.24. The summed E-state index contributed by atoms with van der Waals surface area (Å²) in [5, 5.41) is 6.51. The molecule has 2 heterocycles. The maximum Gasteiger partial charge on any atom is 0.329 e. The van der Waals surface area contributed by atoms with E-state index in [4.69, 9.17) is 10.5 Å². The van der Waals surface area contributed by atoms with Crippen molar-refractivity contribution in [2.75, 3.05) is 32.7 Å². The van der Waals surface area contributed by atoms with Gasteiger partial charge in [-0.25, -0.2) is 22.4 Å². The molecule has 1 aliphatic rings. The van der Waals surface area contributed by atoms with E-state index in [0.29, 0.717) is 25.8 Å². The summed E-state index contributed by atoms with van der Waals surface area (Å²) in [4.78, 5) is 45.0. The third-order valence-electron chi connectivity index (χ3n) is 7.65. The van der Waals surface area contributed by atoms with Crippen molar-refractivity contribution < 1.29 is 31.9 Å². The number of sulfonamides is 1. The number of nitrogens with two attached hydrogens (primary N) is 1. The molecule has 5 N–H and O–H groups in total. The maximum atomic E-state index is 13.8. The van der Waals surface area contributed by atoms with Crippen LogP contribution in [0.5, 0.6) is 0 Å². The van der Waals surface area contributed by atoms with Crippen LogP contribution >= 0.6 is 0 Å². The maximum absolute atomic E-state index is 13.8. The standard InChI is InChI=1S/C32H43FN6O6S/c1-32(2,3)45-30(41)27(10-6-7-15-34)36-29(40)28(20-22-21-35-26-9-5-4-8-25(22)26)37-31(42)38-16-18-39(19-17-38)46(43,44)24-13-11-23(33)12-14-24/h4-5,8-9,11-14,21,27-28,35H,6-7,10,15-20,34H2,1-3H3,(H,36,40)(H,37,42). The Kier molecular flexibility index (Phi) is 11.4. The topological polar surface area (TPSA) is 167 Å². The van der Waals surface area contributed by atoms with Crippen molar-refractivity contribution >= 4 is 38.8 Å². The predicted octanol–water partition coefficient (Wildman–Crippen LogP) is 2.89. The first-order valence-corrected chi connectivity index (χ1v) is 16.8. The second kappa shape index (κ2) is 15.1. The monoisotopic (exact) mass is 658 g/mol. The Morgan fingerprint density at radius 1 is 0.978 bits per heavy atom. The number of esters is 1. The number of hydrogen-bond acceptors (Lipinski definition) is 7. The van der Waals surface area contributed by atoms with Gasteiger partial charge in [-0.2, -0.15) is 4.31 Å². The van der Waals surface area contributed by atoms with Gasteiger partial charge in [-0.05, 0) is 82.5 Å². The van der Waals surface area contributed by atoms with Crippen molar-refractivity contribution in [2.45, 2.75) is 69.0 Å². The van der Waals surface area contributed by atoms with Gasteiger partial charge in [0.1, 0.15) is 23.5 Å². The Bertz CT molecular complexity index is 1610. The fourth-order valence-corrected chi connectivity index (χ4v) is 6.67. The average Bonchev–Trinajstić information content (AvgIpc) is 3.42. The molecule has 1 aliphatic heterocycles. The molecule has 1 fully saturated rings. The summed E-state index contributed by atoms with van der Waals surface area (Å²) in [6, 6.07) is 9.61. The predicted molar refractivity (Wildman–Crippen MR) is 172 cm³/mol. The van der Waals surface area contributed by atoms with Gasteiger partial charge in [0.05, 0.1) is 4.90 Å². The number of rotatable bonds is 12. The van der Waals surface area contributed by atoms with Crippen molar-refractivity contribution in [3.8, 4) is 0 Å². The van der Waals surface area contributed by atoms with Crippen LogP contribution < -0.4 is 16.4 Å². The normalized spacial score (nSPS) is 15.7. The van der Waals surface area contributed by atoms with Crippen LogP contribution in [-0.4, -0.2) is 90.9 Å². The van der Waals surface area contributed by atoms with Gasteiger partial charge in [0.2, 0.25) is 15.9 Å². The SMILES string of the molecule is CC(C)(C)OC(=O)C(CCCCN)NC(=O)C(Cc1c[nH]c2ccccc12)NC(=O)N1CCN(S(=O)(=O)c2ccc(F)cc2)CC1. The van der Waals surface area contributed by atoms with Crippen molar-refractivity contribution in [2.24, 2.45) is 5.73 Å². The van der Waals surface area contributed by atoms with E-state index in [1.54, 1.807) is 27.0 Å². The van der Waals surface area contributed by atoms with E-state index < -0.39 is 51.4 Å². The minimum absolute atomic E-state index is 0.0221. The molecule has 250 valence electrons. The lowest BCUT2D eigenvalue weighted by Crippen LogP contribution is -2.58. The molecule has 0 bridgehead atoms. The highest BCUT2D eigenvalue weighted by atomic mass is 32.2. The van der Waals surface area contributed by atoms with E-state index in [2.05, 4.69) is 15.6 Å². The van der Waals surface area contributed by atoms with E-state index >= 15 is 0 Å². The highest BCUT2D eigenvalue weighted by molar-refractivity contribution is 7.89. The number of piperazine rings is 1. The molecule has 3 aromatic rings. The number of fused-ring (bicyclic) bond motifs is 1. The zero-order valence-corrected chi connectivity index (χ0v) is 27.2. The highest BCUT2D eigenvalue weighted by Gasteiger charge is 2.34. The van der Waals surface area contributed by atoms with Crippen LogP contribution in [0.4, 0.5) is 9.18 Å². The van der Waals surface area contributed by atoms with Gasteiger partial charge in [-0.1, -0.05) is 18.2 Å². The molecule has 0 spiro atoms. The first-order chi connectivity index (χ1) is 21.8.